The van der Waals surface area contributed by atoms with Crippen LogP contribution in [0.25, 0.3) is 33.6 Å². The van der Waals surface area contributed by atoms with Crippen molar-refractivity contribution in [3.8, 4) is 33.6 Å². The number of pyridine rings is 2. The summed E-state index contributed by atoms with van der Waals surface area (Å²) in [5.74, 6) is 1.76. The molecule has 6 nitrogen and oxygen atoms in total. The number of nitrogens with one attached hydrogen (secondary N) is 2. The molecule has 178 valence electrons. The number of benzene rings is 2. The molecule has 0 spiro atoms. The molecule has 0 saturated carbocycles. The molecule has 2 N–H and O–H groups in total. The monoisotopic (exact) mass is 512 g/mol. The zero-order valence-corrected chi connectivity index (χ0v) is 20.8. The number of aliphatic imine (C=N–C) groups is 2. The van der Waals surface area contributed by atoms with Gasteiger partial charge in [-0.1, -0.05) is 59.6 Å². The van der Waals surface area contributed by atoms with Crippen LogP contribution in [0.3, 0.4) is 0 Å². The van der Waals surface area contributed by atoms with Crippen LogP contribution in [0.4, 0.5) is 0 Å². The molecule has 0 amide bonds. The minimum Gasteiger partial charge on any atom is -0.368 e. The van der Waals surface area contributed by atoms with Crippen molar-refractivity contribution in [2.75, 3.05) is 26.2 Å². The molecule has 0 saturated heterocycles. The summed E-state index contributed by atoms with van der Waals surface area (Å²) in [6.45, 7) is 3.29. The third kappa shape index (κ3) is 4.23. The summed E-state index contributed by atoms with van der Waals surface area (Å²) in [4.78, 5) is 18.2. The smallest absolute Gasteiger partial charge is 0.129 e. The molecular formula is C28H22Cl2N6. The first kappa shape index (κ1) is 22.7. The van der Waals surface area contributed by atoms with Crippen molar-refractivity contribution in [1.29, 1.82) is 0 Å². The minimum atomic E-state index is 0.599. The summed E-state index contributed by atoms with van der Waals surface area (Å²) in [5.41, 5.74) is 6.88. The average molecular weight is 513 g/mol. The van der Waals surface area contributed by atoms with E-state index in [9.17, 15) is 0 Å². The minimum absolute atomic E-state index is 0.599. The lowest BCUT2D eigenvalue weighted by Gasteiger charge is -2.14. The van der Waals surface area contributed by atoms with Gasteiger partial charge in [0.25, 0.3) is 0 Å². The fraction of sp³-hybridized carbons (Fsp3) is 0.143. The normalized spacial score (nSPS) is 14.7. The topological polar surface area (TPSA) is 74.6 Å². The van der Waals surface area contributed by atoms with E-state index in [0.717, 1.165) is 82.6 Å². The highest BCUT2D eigenvalue weighted by Crippen LogP contribution is 2.41. The van der Waals surface area contributed by atoms with Crippen molar-refractivity contribution in [2.24, 2.45) is 9.98 Å². The zero-order chi connectivity index (χ0) is 24.5. The number of halogens is 2. The van der Waals surface area contributed by atoms with E-state index in [1.54, 1.807) is 0 Å². The molecule has 0 bridgehead atoms. The molecule has 2 aromatic carbocycles. The van der Waals surface area contributed by atoms with Gasteiger partial charge in [0.05, 0.1) is 34.5 Å². The quantitative estimate of drug-likeness (QED) is 0.371. The molecule has 6 rings (SSSR count). The van der Waals surface area contributed by atoms with E-state index in [-0.39, 0.29) is 0 Å². The van der Waals surface area contributed by atoms with E-state index < -0.39 is 0 Å². The van der Waals surface area contributed by atoms with Gasteiger partial charge in [-0.05, 0) is 24.3 Å². The Morgan fingerprint density at radius 3 is 1.36 bits per heavy atom. The molecule has 0 radical (unpaired) electrons. The Morgan fingerprint density at radius 2 is 1.00 bits per heavy atom. The van der Waals surface area contributed by atoms with Crippen molar-refractivity contribution < 1.29 is 0 Å². The summed E-state index contributed by atoms with van der Waals surface area (Å²) in [6.07, 6.45) is 3.65. The molecule has 0 aliphatic carbocycles. The van der Waals surface area contributed by atoms with Crippen molar-refractivity contribution in [2.45, 2.75) is 0 Å². The van der Waals surface area contributed by atoms with Crippen molar-refractivity contribution in [3.63, 3.8) is 0 Å². The molecule has 0 atom stereocenters. The van der Waals surface area contributed by atoms with E-state index in [1.807, 2.05) is 73.1 Å². The summed E-state index contributed by atoms with van der Waals surface area (Å²) < 4.78 is 0. The first-order valence-electron chi connectivity index (χ1n) is 11.8. The molecule has 2 aliphatic heterocycles. The van der Waals surface area contributed by atoms with Gasteiger partial charge in [0, 0.05) is 58.9 Å². The summed E-state index contributed by atoms with van der Waals surface area (Å²) >= 11 is 13.9. The van der Waals surface area contributed by atoms with Gasteiger partial charge >= 0.3 is 0 Å². The average Bonchev–Trinajstić information content (AvgIpc) is 3.65. The van der Waals surface area contributed by atoms with Crippen LogP contribution in [0, 0.1) is 0 Å². The van der Waals surface area contributed by atoms with Crippen LogP contribution in [0.1, 0.15) is 11.1 Å². The van der Waals surface area contributed by atoms with Gasteiger partial charge in [0.2, 0.25) is 0 Å². The van der Waals surface area contributed by atoms with Crippen molar-refractivity contribution >= 4 is 34.9 Å². The summed E-state index contributed by atoms with van der Waals surface area (Å²) in [7, 11) is 0. The fourth-order valence-corrected chi connectivity index (χ4v) is 5.09. The van der Waals surface area contributed by atoms with Crippen LogP contribution >= 0.6 is 23.2 Å². The molecule has 0 unspecified atom stereocenters. The number of nitrogens with zero attached hydrogens (tertiary/aromatic N) is 4. The Balaban J connectivity index is 1.34. The third-order valence-corrected chi connectivity index (χ3v) is 7.08. The Bertz CT molecular complexity index is 1380. The molecular weight excluding hydrogens is 491 g/mol. The fourth-order valence-electron chi connectivity index (χ4n) is 4.44. The second-order valence-corrected chi connectivity index (χ2v) is 9.27. The highest BCUT2D eigenvalue weighted by molar-refractivity contribution is 6.39. The number of hydrogen-bond acceptors (Lipinski definition) is 6. The van der Waals surface area contributed by atoms with E-state index in [1.165, 1.54) is 0 Å². The first-order chi connectivity index (χ1) is 17.7. The predicted molar refractivity (Wildman–Crippen MR) is 147 cm³/mol. The van der Waals surface area contributed by atoms with Gasteiger partial charge in [-0.2, -0.15) is 0 Å². The van der Waals surface area contributed by atoms with E-state index >= 15 is 0 Å². The van der Waals surface area contributed by atoms with Crippen molar-refractivity contribution in [1.82, 2.24) is 20.6 Å². The first-order valence-corrected chi connectivity index (χ1v) is 12.5. The van der Waals surface area contributed by atoms with Gasteiger partial charge in [0.1, 0.15) is 11.7 Å². The number of amidine groups is 2. The number of hydrogen-bond donors (Lipinski definition) is 2. The Kier molecular flexibility index (Phi) is 6.13. The Labute approximate surface area is 219 Å². The number of aromatic nitrogens is 2. The van der Waals surface area contributed by atoms with Gasteiger partial charge in [-0.3, -0.25) is 20.0 Å². The number of rotatable bonds is 5. The van der Waals surface area contributed by atoms with Gasteiger partial charge in [0.15, 0.2) is 0 Å². The van der Waals surface area contributed by atoms with E-state index in [4.69, 9.17) is 23.2 Å². The second kappa shape index (κ2) is 9.72. The van der Waals surface area contributed by atoms with Crippen LogP contribution in [0.2, 0.25) is 10.0 Å². The zero-order valence-electron chi connectivity index (χ0n) is 19.3. The van der Waals surface area contributed by atoms with E-state index in [0.29, 0.717) is 10.0 Å². The van der Waals surface area contributed by atoms with Gasteiger partial charge < -0.3 is 10.6 Å². The Hall–Kier alpha value is -3.74. The van der Waals surface area contributed by atoms with Crippen LogP contribution in [-0.4, -0.2) is 47.8 Å². The molecule has 0 fully saturated rings. The van der Waals surface area contributed by atoms with Crippen molar-refractivity contribution in [3.05, 3.63) is 94.2 Å². The predicted octanol–water partition coefficient (Wildman–Crippen LogP) is 5.48. The van der Waals surface area contributed by atoms with Crippen LogP contribution < -0.4 is 10.6 Å². The largest absolute Gasteiger partial charge is 0.368 e. The second-order valence-electron chi connectivity index (χ2n) is 8.51. The highest BCUT2D eigenvalue weighted by Gasteiger charge is 2.17. The summed E-state index contributed by atoms with van der Waals surface area (Å²) in [5, 5.41) is 7.74. The maximum absolute atomic E-state index is 6.94. The molecule has 2 aromatic heterocycles. The summed E-state index contributed by atoms with van der Waals surface area (Å²) in [6, 6.07) is 19.8. The molecule has 36 heavy (non-hydrogen) atoms. The standard InChI is InChI=1S/C28H22Cl2N6/c29-25-19(3-1-5-21(25)23-9-7-17(15-35-23)27-31-11-12-32-27)20-4-2-6-22(26(20)30)24-10-8-18(16-36-24)28-33-13-14-34-28/h1-10,15-16H,11-14H2,(H,31,32)(H,33,34). The third-order valence-electron chi connectivity index (χ3n) is 6.26. The molecule has 4 aromatic rings. The Morgan fingerprint density at radius 1 is 0.556 bits per heavy atom. The van der Waals surface area contributed by atoms with Crippen LogP contribution in [0.15, 0.2) is 83.0 Å². The molecule has 2 aliphatic rings. The van der Waals surface area contributed by atoms with Crippen LogP contribution in [-0.2, 0) is 0 Å². The lowest BCUT2D eigenvalue weighted by Crippen LogP contribution is -2.19. The van der Waals surface area contributed by atoms with Gasteiger partial charge in [-0.25, -0.2) is 0 Å². The van der Waals surface area contributed by atoms with Crippen LogP contribution in [0.5, 0.6) is 0 Å². The SMILES string of the molecule is Clc1c(-c2ccc(C3=NCCN3)cn2)cccc1-c1cccc(-c2ccc(C3=NCCN3)cn2)c1Cl. The maximum atomic E-state index is 6.94. The lowest BCUT2D eigenvalue weighted by molar-refractivity contribution is 0.960. The molecule has 4 heterocycles. The maximum Gasteiger partial charge on any atom is 0.129 e. The highest BCUT2D eigenvalue weighted by atomic mass is 35.5. The molecule has 8 heteroatoms. The van der Waals surface area contributed by atoms with Gasteiger partial charge in [-0.15, -0.1) is 0 Å². The van der Waals surface area contributed by atoms with E-state index in [2.05, 4.69) is 30.6 Å². The lowest BCUT2D eigenvalue weighted by atomic mass is 9.98.